The van der Waals surface area contributed by atoms with Crippen LogP contribution < -0.4 is 11.1 Å². The number of nitrogens with two attached hydrogens (primary N) is 1. The van der Waals surface area contributed by atoms with Crippen molar-refractivity contribution in [2.24, 2.45) is 0 Å². The van der Waals surface area contributed by atoms with Crippen molar-refractivity contribution in [2.75, 3.05) is 11.1 Å². The average molecular weight is 245 g/mol. The number of pyridine rings is 1. The van der Waals surface area contributed by atoms with Crippen LogP contribution in [0.5, 0.6) is 0 Å². The lowest BCUT2D eigenvalue weighted by Crippen LogP contribution is -2.16. The van der Waals surface area contributed by atoms with Crippen LogP contribution in [0.15, 0.2) is 29.9 Å². The maximum Gasteiger partial charge on any atom is 0.0736 e. The van der Waals surface area contributed by atoms with Crippen molar-refractivity contribution in [3.63, 3.8) is 0 Å². The van der Waals surface area contributed by atoms with Crippen LogP contribution in [0.3, 0.4) is 0 Å². The topological polar surface area (TPSA) is 50.9 Å². The van der Waals surface area contributed by atoms with Crippen LogP contribution in [0.25, 0.3) is 0 Å². The number of anilines is 2. The van der Waals surface area contributed by atoms with Crippen molar-refractivity contribution >= 4 is 22.7 Å². The van der Waals surface area contributed by atoms with Gasteiger partial charge in [0.1, 0.15) is 0 Å². The van der Waals surface area contributed by atoms with Gasteiger partial charge in [0.15, 0.2) is 0 Å². The molecule has 0 amide bonds. The van der Waals surface area contributed by atoms with E-state index in [-0.39, 0.29) is 0 Å². The summed E-state index contributed by atoms with van der Waals surface area (Å²) in [4.78, 5) is 5.52. The zero-order valence-electron chi connectivity index (χ0n) is 9.52. The molecule has 3 rings (SSSR count). The molecule has 4 heteroatoms. The number of aromatic nitrogens is 1. The fourth-order valence-electron chi connectivity index (χ4n) is 2.36. The van der Waals surface area contributed by atoms with Gasteiger partial charge in [-0.25, -0.2) is 0 Å². The Balaban J connectivity index is 1.86. The largest absolute Gasteiger partial charge is 0.396 e. The molecule has 0 bridgehead atoms. The third-order valence-electron chi connectivity index (χ3n) is 3.23. The summed E-state index contributed by atoms with van der Waals surface area (Å²) in [5.41, 5.74) is 9.06. The fraction of sp³-hybridized carbons (Fsp3) is 0.308. The maximum absolute atomic E-state index is 5.91. The van der Waals surface area contributed by atoms with E-state index in [2.05, 4.69) is 21.7 Å². The second-order valence-corrected chi connectivity index (χ2v) is 5.35. The van der Waals surface area contributed by atoms with Gasteiger partial charge in [-0.05, 0) is 42.3 Å². The summed E-state index contributed by atoms with van der Waals surface area (Å²) < 4.78 is 0. The van der Waals surface area contributed by atoms with Gasteiger partial charge in [-0.3, -0.25) is 4.98 Å². The molecule has 0 saturated carbocycles. The first-order valence-corrected chi connectivity index (χ1v) is 6.75. The monoisotopic (exact) mass is 245 g/mol. The predicted octanol–water partition coefficient (Wildman–Crippen LogP) is 3.21. The molecule has 2 aromatic rings. The van der Waals surface area contributed by atoms with E-state index >= 15 is 0 Å². The number of aryl methyl sites for hydroxylation is 1. The lowest BCUT2D eigenvalue weighted by atomic mass is 9.94. The zero-order valence-corrected chi connectivity index (χ0v) is 10.3. The quantitative estimate of drug-likeness (QED) is 0.854. The molecule has 0 spiro atoms. The van der Waals surface area contributed by atoms with Gasteiger partial charge in [-0.2, -0.15) is 0 Å². The Morgan fingerprint density at radius 2 is 2.35 bits per heavy atom. The van der Waals surface area contributed by atoms with Gasteiger partial charge < -0.3 is 11.1 Å². The predicted molar refractivity (Wildman–Crippen MR) is 72.3 cm³/mol. The van der Waals surface area contributed by atoms with Crippen LogP contribution in [0.2, 0.25) is 0 Å². The fourth-order valence-corrected chi connectivity index (χ4v) is 3.35. The summed E-state index contributed by atoms with van der Waals surface area (Å²) in [6, 6.07) is 4.57. The second kappa shape index (κ2) is 4.37. The smallest absolute Gasteiger partial charge is 0.0736 e. The van der Waals surface area contributed by atoms with Gasteiger partial charge in [0.05, 0.1) is 23.6 Å². The Labute approximate surface area is 105 Å². The highest BCUT2D eigenvalue weighted by atomic mass is 32.1. The van der Waals surface area contributed by atoms with E-state index in [0.717, 1.165) is 11.4 Å². The number of fused-ring (bicyclic) bond motifs is 1. The molecule has 2 aromatic heterocycles. The summed E-state index contributed by atoms with van der Waals surface area (Å²) in [5, 5.41) is 5.71. The first-order chi connectivity index (χ1) is 8.34. The van der Waals surface area contributed by atoms with E-state index in [1.54, 1.807) is 12.4 Å². The van der Waals surface area contributed by atoms with Crippen LogP contribution in [0, 0.1) is 0 Å². The first-order valence-electron chi connectivity index (χ1n) is 5.87. The SMILES string of the molecule is Nc1cnccc1NC1CCCc2sccc21. The van der Waals surface area contributed by atoms with Crippen LogP contribution in [-0.2, 0) is 6.42 Å². The molecule has 0 aliphatic heterocycles. The summed E-state index contributed by atoms with van der Waals surface area (Å²) in [5.74, 6) is 0. The molecule has 0 aromatic carbocycles. The lowest BCUT2D eigenvalue weighted by molar-refractivity contribution is 0.609. The Morgan fingerprint density at radius 1 is 1.41 bits per heavy atom. The molecule has 0 fully saturated rings. The highest BCUT2D eigenvalue weighted by molar-refractivity contribution is 7.10. The molecule has 3 N–H and O–H groups in total. The second-order valence-electron chi connectivity index (χ2n) is 4.35. The third-order valence-corrected chi connectivity index (χ3v) is 4.23. The molecule has 1 aliphatic rings. The lowest BCUT2D eigenvalue weighted by Gasteiger charge is -2.25. The van der Waals surface area contributed by atoms with Crippen molar-refractivity contribution in [1.29, 1.82) is 0 Å². The van der Waals surface area contributed by atoms with E-state index in [1.807, 2.05) is 17.4 Å². The van der Waals surface area contributed by atoms with Gasteiger partial charge in [0, 0.05) is 11.1 Å². The Morgan fingerprint density at radius 3 is 3.24 bits per heavy atom. The Hall–Kier alpha value is -1.55. The third kappa shape index (κ3) is 2.00. The van der Waals surface area contributed by atoms with E-state index in [9.17, 15) is 0 Å². The minimum Gasteiger partial charge on any atom is -0.396 e. The van der Waals surface area contributed by atoms with E-state index in [0.29, 0.717) is 6.04 Å². The highest BCUT2D eigenvalue weighted by Gasteiger charge is 2.21. The normalized spacial score (nSPS) is 18.7. The Kier molecular flexibility index (Phi) is 2.73. The standard InChI is InChI=1S/C13H15N3S/c14-10-8-15-6-4-12(10)16-11-2-1-3-13-9(11)5-7-17-13/h4-8,11H,1-3,14H2,(H,15,16). The molecule has 88 valence electrons. The minimum atomic E-state index is 0.398. The number of nitrogens with zero attached hydrogens (tertiary/aromatic N) is 1. The van der Waals surface area contributed by atoms with Crippen LogP contribution in [0.4, 0.5) is 11.4 Å². The maximum atomic E-state index is 5.91. The minimum absolute atomic E-state index is 0.398. The van der Waals surface area contributed by atoms with Crippen LogP contribution in [-0.4, -0.2) is 4.98 Å². The van der Waals surface area contributed by atoms with Gasteiger partial charge in [-0.1, -0.05) is 0 Å². The van der Waals surface area contributed by atoms with Crippen molar-refractivity contribution in [2.45, 2.75) is 25.3 Å². The zero-order chi connectivity index (χ0) is 11.7. The summed E-state index contributed by atoms with van der Waals surface area (Å²) in [7, 11) is 0. The molecule has 3 nitrogen and oxygen atoms in total. The molecule has 1 aliphatic carbocycles. The number of hydrogen-bond acceptors (Lipinski definition) is 4. The van der Waals surface area contributed by atoms with Crippen LogP contribution >= 0.6 is 11.3 Å². The van der Waals surface area contributed by atoms with Gasteiger partial charge in [-0.15, -0.1) is 11.3 Å². The molecule has 17 heavy (non-hydrogen) atoms. The first kappa shape index (κ1) is 10.6. The van der Waals surface area contributed by atoms with Gasteiger partial charge >= 0.3 is 0 Å². The number of nitrogens with one attached hydrogen (secondary N) is 1. The number of rotatable bonds is 2. The van der Waals surface area contributed by atoms with Gasteiger partial charge in [0.25, 0.3) is 0 Å². The highest BCUT2D eigenvalue weighted by Crippen LogP contribution is 2.36. The molecule has 1 atom stereocenters. The number of thiophene rings is 1. The summed E-state index contributed by atoms with van der Waals surface area (Å²) in [6.45, 7) is 0. The molecule has 1 unspecified atom stereocenters. The van der Waals surface area contributed by atoms with Crippen molar-refractivity contribution in [3.8, 4) is 0 Å². The van der Waals surface area contributed by atoms with E-state index in [4.69, 9.17) is 5.73 Å². The van der Waals surface area contributed by atoms with Crippen molar-refractivity contribution in [1.82, 2.24) is 4.98 Å². The molecular weight excluding hydrogens is 230 g/mol. The Bertz CT molecular complexity index is 521. The average Bonchev–Trinajstić information content (AvgIpc) is 2.81. The van der Waals surface area contributed by atoms with Crippen LogP contribution in [0.1, 0.15) is 29.3 Å². The van der Waals surface area contributed by atoms with Crippen molar-refractivity contribution < 1.29 is 0 Å². The molecule has 2 heterocycles. The molecular formula is C13H15N3S. The van der Waals surface area contributed by atoms with Gasteiger partial charge in [0.2, 0.25) is 0 Å². The molecule has 0 saturated heterocycles. The molecule has 0 radical (unpaired) electrons. The summed E-state index contributed by atoms with van der Waals surface area (Å²) >= 11 is 1.86. The van der Waals surface area contributed by atoms with E-state index in [1.165, 1.54) is 29.7 Å². The summed E-state index contributed by atoms with van der Waals surface area (Å²) in [6.07, 6.45) is 7.11. The van der Waals surface area contributed by atoms with Crippen molar-refractivity contribution in [3.05, 3.63) is 40.3 Å². The number of hydrogen-bond donors (Lipinski definition) is 2. The van der Waals surface area contributed by atoms with E-state index < -0.39 is 0 Å². The number of nitrogen functional groups attached to an aromatic ring is 1.